The van der Waals surface area contributed by atoms with E-state index in [-0.39, 0.29) is 20.8 Å². The van der Waals surface area contributed by atoms with Crippen molar-refractivity contribution in [2.24, 2.45) is 0 Å². The second-order valence-electron chi connectivity index (χ2n) is 5.00. The molecule has 0 saturated carbocycles. The third-order valence-corrected chi connectivity index (χ3v) is 5.53. The van der Waals surface area contributed by atoms with E-state index in [1.54, 1.807) is 24.3 Å². The molecule has 0 saturated heterocycles. The number of oxazole rings is 1. The number of hydrogen-bond acceptors (Lipinski definition) is 5. The molecule has 0 fully saturated rings. The molecule has 10 heteroatoms. The Bertz CT molecular complexity index is 1050. The van der Waals surface area contributed by atoms with E-state index in [2.05, 4.69) is 10.3 Å². The normalized spacial score (nSPS) is 11.6. The average Bonchev–Trinajstić information content (AvgIpc) is 2.97. The molecule has 1 aromatic heterocycles. The number of benzene rings is 2. The van der Waals surface area contributed by atoms with E-state index in [9.17, 15) is 13.2 Å². The van der Waals surface area contributed by atoms with Gasteiger partial charge in [0.15, 0.2) is 5.58 Å². The molecule has 3 rings (SSSR count). The Kier molecular flexibility index (Phi) is 4.92. The second-order valence-corrected chi connectivity index (χ2v) is 8.09. The summed E-state index contributed by atoms with van der Waals surface area (Å²) in [6.45, 7) is 0. The van der Waals surface area contributed by atoms with Gasteiger partial charge in [-0.05, 0) is 24.3 Å². The minimum atomic E-state index is -4.06. The van der Waals surface area contributed by atoms with Gasteiger partial charge < -0.3 is 9.73 Å². The van der Waals surface area contributed by atoms with Gasteiger partial charge in [0.2, 0.25) is 15.7 Å². The summed E-state index contributed by atoms with van der Waals surface area (Å²) < 4.78 is 29.8. The van der Waals surface area contributed by atoms with Crippen molar-refractivity contribution in [2.45, 2.75) is 5.22 Å². The van der Waals surface area contributed by atoms with E-state index in [1.165, 1.54) is 12.1 Å². The number of rotatable bonds is 4. The quantitative estimate of drug-likeness (QED) is 0.640. The second kappa shape index (κ2) is 6.84. The lowest BCUT2D eigenvalue weighted by atomic mass is 10.3. The van der Waals surface area contributed by atoms with Crippen LogP contribution in [0.25, 0.3) is 11.1 Å². The van der Waals surface area contributed by atoms with Gasteiger partial charge in [0.25, 0.3) is 0 Å². The fourth-order valence-electron chi connectivity index (χ4n) is 2.02. The summed E-state index contributed by atoms with van der Waals surface area (Å²) in [4.78, 5) is 16.0. The Labute approximate surface area is 157 Å². The largest absolute Gasteiger partial charge is 0.428 e. The smallest absolute Gasteiger partial charge is 0.316 e. The van der Waals surface area contributed by atoms with Crippen molar-refractivity contribution in [3.05, 3.63) is 51.5 Å². The molecule has 2 aromatic carbocycles. The molecule has 1 heterocycles. The summed E-state index contributed by atoms with van der Waals surface area (Å²) >= 11 is 17.6. The Morgan fingerprint density at radius 1 is 1.08 bits per heavy atom. The lowest BCUT2D eigenvalue weighted by Crippen LogP contribution is -2.23. The van der Waals surface area contributed by atoms with Gasteiger partial charge in [-0.3, -0.25) is 4.79 Å². The van der Waals surface area contributed by atoms with Gasteiger partial charge in [-0.2, -0.15) is 4.98 Å². The highest BCUT2D eigenvalue weighted by molar-refractivity contribution is 7.91. The molecule has 3 aromatic rings. The van der Waals surface area contributed by atoms with E-state index in [0.717, 1.165) is 0 Å². The zero-order chi connectivity index (χ0) is 18.2. The van der Waals surface area contributed by atoms with E-state index in [4.69, 9.17) is 39.2 Å². The average molecular weight is 420 g/mol. The maximum Gasteiger partial charge on any atom is 0.316 e. The van der Waals surface area contributed by atoms with Gasteiger partial charge >= 0.3 is 5.22 Å². The monoisotopic (exact) mass is 418 g/mol. The van der Waals surface area contributed by atoms with Gasteiger partial charge in [-0.25, -0.2) is 8.42 Å². The van der Waals surface area contributed by atoms with Gasteiger partial charge in [0.1, 0.15) is 11.3 Å². The van der Waals surface area contributed by atoms with Crippen LogP contribution < -0.4 is 5.32 Å². The molecule has 6 nitrogen and oxygen atoms in total. The molecule has 0 aliphatic carbocycles. The van der Waals surface area contributed by atoms with Crippen LogP contribution in [0.3, 0.4) is 0 Å². The zero-order valence-electron chi connectivity index (χ0n) is 12.3. The molecular formula is C15H9Cl3N2O4S. The SMILES string of the molecule is O=C(CS(=O)(=O)c1nc2ccccc2o1)Nc1cc(Cl)c(Cl)cc1Cl. The van der Waals surface area contributed by atoms with Crippen LogP contribution in [0, 0.1) is 0 Å². The van der Waals surface area contributed by atoms with Crippen LogP contribution in [0.4, 0.5) is 5.69 Å². The Morgan fingerprint density at radius 2 is 1.76 bits per heavy atom. The first kappa shape index (κ1) is 18.0. The number of para-hydroxylation sites is 2. The fraction of sp³-hybridized carbons (Fsp3) is 0.0667. The zero-order valence-corrected chi connectivity index (χ0v) is 15.4. The van der Waals surface area contributed by atoms with E-state index < -0.39 is 26.7 Å². The van der Waals surface area contributed by atoms with Gasteiger partial charge in [-0.1, -0.05) is 46.9 Å². The van der Waals surface area contributed by atoms with Crippen LogP contribution >= 0.6 is 34.8 Å². The third-order valence-electron chi connectivity index (χ3n) is 3.15. The Balaban J connectivity index is 1.81. The number of fused-ring (bicyclic) bond motifs is 1. The summed E-state index contributed by atoms with van der Waals surface area (Å²) in [6, 6.07) is 9.24. The van der Waals surface area contributed by atoms with Crippen molar-refractivity contribution in [3.8, 4) is 0 Å². The van der Waals surface area contributed by atoms with Crippen LogP contribution in [-0.4, -0.2) is 25.1 Å². The molecule has 0 atom stereocenters. The highest BCUT2D eigenvalue weighted by atomic mass is 35.5. The first-order chi connectivity index (χ1) is 11.8. The lowest BCUT2D eigenvalue weighted by Gasteiger charge is -2.08. The number of nitrogens with zero attached hydrogens (tertiary/aromatic N) is 1. The van der Waals surface area contributed by atoms with Gasteiger partial charge in [0, 0.05) is 0 Å². The minimum Gasteiger partial charge on any atom is -0.428 e. The molecule has 130 valence electrons. The molecule has 0 aliphatic rings. The first-order valence-electron chi connectivity index (χ1n) is 6.79. The first-order valence-corrected chi connectivity index (χ1v) is 9.57. The van der Waals surface area contributed by atoms with Crippen molar-refractivity contribution in [3.63, 3.8) is 0 Å². The number of amides is 1. The maximum atomic E-state index is 12.3. The number of anilines is 1. The summed E-state index contributed by atoms with van der Waals surface area (Å²) in [5.41, 5.74) is 0.844. The van der Waals surface area contributed by atoms with Crippen LogP contribution in [0.5, 0.6) is 0 Å². The van der Waals surface area contributed by atoms with E-state index in [1.807, 2.05) is 0 Å². The molecule has 25 heavy (non-hydrogen) atoms. The predicted octanol–water partition coefficient (Wildman–Crippen LogP) is 4.20. The molecule has 0 radical (unpaired) electrons. The van der Waals surface area contributed by atoms with E-state index >= 15 is 0 Å². The number of aromatic nitrogens is 1. The summed E-state index contributed by atoms with van der Waals surface area (Å²) in [5, 5.41) is 2.36. The van der Waals surface area contributed by atoms with Crippen LogP contribution in [0.2, 0.25) is 15.1 Å². The number of hydrogen-bond donors (Lipinski definition) is 1. The maximum absolute atomic E-state index is 12.3. The number of carbonyl (C=O) groups excluding carboxylic acids is 1. The Hall–Kier alpha value is -1.80. The van der Waals surface area contributed by atoms with Crippen molar-refractivity contribution in [1.29, 1.82) is 0 Å². The summed E-state index contributed by atoms with van der Waals surface area (Å²) in [5.74, 6) is -1.68. The third kappa shape index (κ3) is 3.90. The van der Waals surface area contributed by atoms with Crippen molar-refractivity contribution in [2.75, 3.05) is 11.1 Å². The number of nitrogens with one attached hydrogen (secondary N) is 1. The molecule has 1 N–H and O–H groups in total. The van der Waals surface area contributed by atoms with Crippen molar-refractivity contribution >= 4 is 67.3 Å². The summed E-state index contributed by atoms with van der Waals surface area (Å²) in [7, 11) is -4.06. The molecule has 0 unspecified atom stereocenters. The van der Waals surface area contributed by atoms with Crippen LogP contribution in [0.1, 0.15) is 0 Å². The topological polar surface area (TPSA) is 89.3 Å². The minimum absolute atomic E-state index is 0.127. The molecule has 0 bridgehead atoms. The molecular weight excluding hydrogens is 411 g/mol. The van der Waals surface area contributed by atoms with E-state index in [0.29, 0.717) is 11.1 Å². The molecule has 1 amide bonds. The van der Waals surface area contributed by atoms with Gasteiger partial charge in [0.05, 0.1) is 20.8 Å². The van der Waals surface area contributed by atoms with Crippen LogP contribution in [-0.2, 0) is 14.6 Å². The molecule has 0 aliphatic heterocycles. The molecule has 0 spiro atoms. The fourth-order valence-corrected chi connectivity index (χ4v) is 3.61. The van der Waals surface area contributed by atoms with Crippen LogP contribution in [0.15, 0.2) is 46.0 Å². The highest BCUT2D eigenvalue weighted by Gasteiger charge is 2.26. The van der Waals surface area contributed by atoms with Crippen molar-refractivity contribution in [1.82, 2.24) is 4.98 Å². The standard InChI is InChI=1S/C15H9Cl3N2O4S/c16-8-5-10(18)12(6-9(8)17)19-14(21)7-25(22,23)15-20-11-3-1-2-4-13(11)24-15/h1-6H,7H2,(H,19,21). The van der Waals surface area contributed by atoms with Crippen molar-refractivity contribution < 1.29 is 17.6 Å². The van der Waals surface area contributed by atoms with Gasteiger partial charge in [-0.15, -0.1) is 0 Å². The Morgan fingerprint density at radius 3 is 2.48 bits per heavy atom. The predicted molar refractivity (Wildman–Crippen MR) is 96.2 cm³/mol. The lowest BCUT2D eigenvalue weighted by molar-refractivity contribution is -0.113. The summed E-state index contributed by atoms with van der Waals surface area (Å²) in [6.07, 6.45) is 0. The number of sulfone groups is 1. The number of carbonyl (C=O) groups is 1. The number of halogens is 3. The highest BCUT2D eigenvalue weighted by Crippen LogP contribution is 2.32.